The first kappa shape index (κ1) is 22.5. The third-order valence-electron chi connectivity index (χ3n) is 7.10. The fourth-order valence-electron chi connectivity index (χ4n) is 5.33. The number of carboxylic acid groups (broad SMARTS) is 1. The second kappa shape index (κ2) is 8.34. The summed E-state index contributed by atoms with van der Waals surface area (Å²) in [6.45, 7) is 3.36. The molecule has 1 unspecified atom stereocenters. The summed E-state index contributed by atoms with van der Waals surface area (Å²) in [4.78, 5) is 33.3. The molecule has 2 aromatic carbocycles. The van der Waals surface area contributed by atoms with E-state index in [0.717, 1.165) is 29.4 Å². The number of rotatable bonds is 3. The van der Waals surface area contributed by atoms with E-state index in [1.54, 1.807) is 29.4 Å². The Labute approximate surface area is 212 Å². The van der Waals surface area contributed by atoms with E-state index in [-0.39, 0.29) is 5.91 Å². The number of halogens is 1. The van der Waals surface area contributed by atoms with Crippen molar-refractivity contribution in [3.8, 4) is 11.1 Å². The van der Waals surface area contributed by atoms with Crippen LogP contribution in [0.1, 0.15) is 44.3 Å². The average molecular weight is 502 g/mol. The van der Waals surface area contributed by atoms with Gasteiger partial charge in [0.2, 0.25) is 5.91 Å². The Hall–Kier alpha value is -3.91. The van der Waals surface area contributed by atoms with E-state index in [0.29, 0.717) is 33.5 Å². The first-order valence-electron chi connectivity index (χ1n) is 11.9. The maximum atomic E-state index is 12.9. The smallest absolute Gasteiger partial charge is 0.412 e. The first-order chi connectivity index (χ1) is 17.3. The fraction of sp³-hybridized carbons (Fsp3) is 0.259. The predicted octanol–water partition coefficient (Wildman–Crippen LogP) is 6.07. The van der Waals surface area contributed by atoms with Gasteiger partial charge in [-0.25, -0.2) is 4.79 Å². The molecule has 6 rings (SSSR count). The summed E-state index contributed by atoms with van der Waals surface area (Å²) < 4.78 is 1.96. The highest BCUT2D eigenvalue weighted by atomic mass is 35.5. The molecule has 0 radical (unpaired) electrons. The van der Waals surface area contributed by atoms with Crippen molar-refractivity contribution in [2.24, 2.45) is 0 Å². The molecule has 3 heterocycles. The van der Waals surface area contributed by atoms with E-state index in [1.165, 1.54) is 11.8 Å². The number of aromatic nitrogens is 3. The molecule has 2 atom stereocenters. The molecule has 1 saturated carbocycles. The number of anilines is 2. The summed E-state index contributed by atoms with van der Waals surface area (Å²) in [7, 11) is 0. The molecule has 0 spiro atoms. The highest BCUT2D eigenvalue weighted by Gasteiger charge is 2.43. The molecule has 0 saturated heterocycles. The number of amides is 2. The first-order valence-corrected chi connectivity index (χ1v) is 12.3. The third kappa shape index (κ3) is 3.52. The van der Waals surface area contributed by atoms with Gasteiger partial charge in [-0.15, -0.1) is 0 Å². The molecule has 1 aliphatic heterocycles. The van der Waals surface area contributed by atoms with Crippen LogP contribution in [0.25, 0.3) is 22.0 Å². The number of fused-ring (bicyclic) bond motifs is 2. The molecular weight excluding hydrogens is 478 g/mol. The van der Waals surface area contributed by atoms with E-state index in [1.807, 2.05) is 48.1 Å². The van der Waals surface area contributed by atoms with Crippen LogP contribution >= 0.6 is 11.6 Å². The summed E-state index contributed by atoms with van der Waals surface area (Å²) in [5.41, 5.74) is 4.03. The summed E-state index contributed by atoms with van der Waals surface area (Å²) in [5, 5.41) is 16.2. The number of carbonyl (C=O) groups excluding carboxylic acids is 1. The van der Waals surface area contributed by atoms with Crippen molar-refractivity contribution >= 4 is 45.9 Å². The molecule has 8 nitrogen and oxygen atoms in total. The van der Waals surface area contributed by atoms with Gasteiger partial charge < -0.3 is 10.0 Å². The second-order valence-electron chi connectivity index (χ2n) is 9.41. The number of nitrogens with zero attached hydrogens (tertiary/aromatic N) is 5. The Morgan fingerprint density at radius 1 is 1.06 bits per heavy atom. The van der Waals surface area contributed by atoms with Gasteiger partial charge in [-0.05, 0) is 55.7 Å². The number of benzene rings is 2. The van der Waals surface area contributed by atoms with Gasteiger partial charge in [0, 0.05) is 40.9 Å². The minimum atomic E-state index is -1.11. The van der Waals surface area contributed by atoms with E-state index >= 15 is 0 Å². The zero-order chi connectivity index (χ0) is 25.1. The lowest BCUT2D eigenvalue weighted by atomic mass is 9.90. The molecular formula is C27H24ClN5O3. The van der Waals surface area contributed by atoms with Crippen molar-refractivity contribution in [2.45, 2.75) is 44.8 Å². The number of pyridine rings is 1. The highest BCUT2D eigenvalue weighted by Crippen LogP contribution is 2.47. The highest BCUT2D eigenvalue weighted by molar-refractivity contribution is 6.35. The lowest BCUT2D eigenvalue weighted by Gasteiger charge is -2.46. The summed E-state index contributed by atoms with van der Waals surface area (Å²) in [5.74, 6) is -0.167. The van der Waals surface area contributed by atoms with Gasteiger partial charge in [0.25, 0.3) is 0 Å². The van der Waals surface area contributed by atoms with Crippen LogP contribution in [0.5, 0.6) is 0 Å². The molecule has 9 heteroatoms. The van der Waals surface area contributed by atoms with Crippen molar-refractivity contribution in [1.29, 1.82) is 0 Å². The van der Waals surface area contributed by atoms with Gasteiger partial charge >= 0.3 is 6.09 Å². The Morgan fingerprint density at radius 3 is 2.58 bits per heavy atom. The minimum Gasteiger partial charge on any atom is -0.465 e. The molecule has 1 fully saturated rings. The fourth-order valence-corrected chi connectivity index (χ4v) is 5.54. The summed E-state index contributed by atoms with van der Waals surface area (Å²) in [6.07, 6.45) is 6.58. The van der Waals surface area contributed by atoms with Gasteiger partial charge in [-0.3, -0.25) is 19.4 Å². The Bertz CT molecular complexity index is 1530. The molecule has 2 aliphatic rings. The molecule has 4 aromatic rings. The number of carbonyl (C=O) groups is 2. The van der Waals surface area contributed by atoms with Crippen LogP contribution in [0.15, 0.2) is 61.1 Å². The molecule has 36 heavy (non-hydrogen) atoms. The number of hydrogen-bond donors (Lipinski definition) is 1. The maximum Gasteiger partial charge on any atom is 0.412 e. The Kier molecular flexibility index (Phi) is 5.22. The SMILES string of the molecule is CC(=O)N1c2ccc(-c3cnn(C4CC4)c3)cc2N(C(=O)O)C(c2ccc(Cl)c3cccnc23)[C@@H]1C. The lowest BCUT2D eigenvalue weighted by molar-refractivity contribution is -0.117. The zero-order valence-corrected chi connectivity index (χ0v) is 20.6. The van der Waals surface area contributed by atoms with E-state index < -0.39 is 18.2 Å². The largest absolute Gasteiger partial charge is 0.465 e. The Morgan fingerprint density at radius 2 is 1.86 bits per heavy atom. The minimum absolute atomic E-state index is 0.167. The molecule has 1 aliphatic carbocycles. The lowest BCUT2D eigenvalue weighted by Crippen LogP contribution is -2.53. The van der Waals surface area contributed by atoms with Crippen molar-refractivity contribution in [1.82, 2.24) is 14.8 Å². The van der Waals surface area contributed by atoms with Crippen LogP contribution in [0, 0.1) is 0 Å². The molecule has 1 N–H and O–H groups in total. The van der Waals surface area contributed by atoms with Gasteiger partial charge in [0.15, 0.2) is 0 Å². The van der Waals surface area contributed by atoms with Crippen LogP contribution < -0.4 is 9.80 Å². The quantitative estimate of drug-likeness (QED) is 0.368. The predicted molar refractivity (Wildman–Crippen MR) is 139 cm³/mol. The average Bonchev–Trinajstić information content (AvgIpc) is 3.59. The number of hydrogen-bond acceptors (Lipinski definition) is 4. The van der Waals surface area contributed by atoms with Gasteiger partial charge in [0.05, 0.1) is 41.2 Å². The van der Waals surface area contributed by atoms with E-state index in [2.05, 4.69) is 10.1 Å². The molecule has 0 bridgehead atoms. The molecule has 2 amide bonds. The Balaban J connectivity index is 1.55. The monoisotopic (exact) mass is 501 g/mol. The van der Waals surface area contributed by atoms with Crippen LogP contribution in [-0.4, -0.2) is 37.9 Å². The molecule has 182 valence electrons. The van der Waals surface area contributed by atoms with Crippen molar-refractivity contribution in [3.63, 3.8) is 0 Å². The van der Waals surface area contributed by atoms with Gasteiger partial charge in [-0.1, -0.05) is 23.7 Å². The zero-order valence-electron chi connectivity index (χ0n) is 19.8. The van der Waals surface area contributed by atoms with Crippen LogP contribution in [0.4, 0.5) is 16.2 Å². The van der Waals surface area contributed by atoms with E-state index in [4.69, 9.17) is 11.6 Å². The van der Waals surface area contributed by atoms with Gasteiger partial charge in [-0.2, -0.15) is 5.10 Å². The van der Waals surface area contributed by atoms with Crippen molar-refractivity contribution < 1.29 is 14.7 Å². The second-order valence-corrected chi connectivity index (χ2v) is 9.81. The van der Waals surface area contributed by atoms with Crippen LogP contribution in [0.3, 0.4) is 0 Å². The maximum absolute atomic E-state index is 12.9. The van der Waals surface area contributed by atoms with Crippen LogP contribution in [-0.2, 0) is 4.79 Å². The van der Waals surface area contributed by atoms with Crippen molar-refractivity contribution in [3.05, 3.63) is 71.6 Å². The molecule has 2 aromatic heterocycles. The normalized spacial score (nSPS) is 19.4. The van der Waals surface area contributed by atoms with Crippen molar-refractivity contribution in [2.75, 3.05) is 9.80 Å². The topological polar surface area (TPSA) is 91.6 Å². The summed E-state index contributed by atoms with van der Waals surface area (Å²) in [6, 6.07) is 12.0. The van der Waals surface area contributed by atoms with Crippen LogP contribution in [0.2, 0.25) is 5.02 Å². The third-order valence-corrected chi connectivity index (χ3v) is 7.43. The van der Waals surface area contributed by atoms with E-state index in [9.17, 15) is 14.7 Å². The summed E-state index contributed by atoms with van der Waals surface area (Å²) >= 11 is 6.44. The standard InChI is InChI=1S/C27H24ClN5O3/c1-15-26(21-8-9-22(28)20-4-3-11-29-25(20)21)33(27(35)36)24-12-17(5-10-23(24)32(15)16(2)34)18-13-30-31(14-18)19-6-7-19/h3-5,8-15,19,26H,6-7H2,1-2H3,(H,35,36)/t15-,26?/m0/s1. The van der Waals surface area contributed by atoms with Gasteiger partial charge in [0.1, 0.15) is 0 Å².